The van der Waals surface area contributed by atoms with Crippen LogP contribution in [0.3, 0.4) is 0 Å². The van der Waals surface area contributed by atoms with Crippen LogP contribution in [0.5, 0.6) is 0 Å². The molecule has 11 nitrogen and oxygen atoms in total. The van der Waals surface area contributed by atoms with Crippen molar-refractivity contribution in [1.82, 2.24) is 24.9 Å². The quantitative estimate of drug-likeness (QED) is 0.163. The number of carbonyl (C=O) groups is 5. The maximum atomic E-state index is 13.0. The van der Waals surface area contributed by atoms with Gasteiger partial charge in [-0.3, -0.25) is 39.1 Å². The molecule has 1 atom stereocenters. The Hall–Kier alpha value is -3.57. The maximum Gasteiger partial charge on any atom is 0.255 e. The van der Waals surface area contributed by atoms with E-state index in [1.165, 1.54) is 0 Å². The average Bonchev–Trinajstić information content (AvgIpc) is 3.36. The molecule has 0 bridgehead atoms. The van der Waals surface area contributed by atoms with Crippen molar-refractivity contribution in [2.45, 2.75) is 70.0 Å². The van der Waals surface area contributed by atoms with Gasteiger partial charge in [-0.15, -0.1) is 0 Å². The first-order valence-corrected chi connectivity index (χ1v) is 15.8. The number of amides is 4. The van der Waals surface area contributed by atoms with E-state index in [4.69, 9.17) is 0 Å². The van der Waals surface area contributed by atoms with E-state index in [1.807, 2.05) is 23.1 Å². The highest BCUT2D eigenvalue weighted by atomic mass is 16.2. The zero-order valence-corrected chi connectivity index (χ0v) is 25.0. The van der Waals surface area contributed by atoms with Gasteiger partial charge in [-0.2, -0.15) is 0 Å². The Kier molecular flexibility index (Phi) is 10.6. The smallest absolute Gasteiger partial charge is 0.255 e. The first-order chi connectivity index (χ1) is 20.9. The number of allylic oxidation sites excluding steroid dienone is 1. The highest BCUT2D eigenvalue weighted by Crippen LogP contribution is 2.32. The molecule has 2 N–H and O–H groups in total. The van der Waals surface area contributed by atoms with Crippen LogP contribution in [0.2, 0.25) is 0 Å². The summed E-state index contributed by atoms with van der Waals surface area (Å²) in [4.78, 5) is 68.7. The molecule has 43 heavy (non-hydrogen) atoms. The Labute approximate surface area is 253 Å². The molecule has 0 saturated carbocycles. The Bertz CT molecular complexity index is 1220. The fourth-order valence-electron chi connectivity index (χ4n) is 6.78. The molecule has 4 amide bonds. The summed E-state index contributed by atoms with van der Waals surface area (Å²) in [5.74, 6) is -0.612. The van der Waals surface area contributed by atoms with Gasteiger partial charge in [-0.1, -0.05) is 18.6 Å². The van der Waals surface area contributed by atoms with Gasteiger partial charge in [0.2, 0.25) is 17.7 Å². The molecule has 1 aromatic carbocycles. The highest BCUT2D eigenvalue weighted by molar-refractivity contribution is 6.06. The Morgan fingerprint density at radius 1 is 0.977 bits per heavy atom. The lowest BCUT2D eigenvalue weighted by Gasteiger charge is -2.42. The van der Waals surface area contributed by atoms with E-state index >= 15 is 0 Å². The van der Waals surface area contributed by atoms with Gasteiger partial charge in [-0.05, 0) is 63.4 Å². The summed E-state index contributed by atoms with van der Waals surface area (Å²) in [6.07, 6.45) is 10.5. The minimum absolute atomic E-state index is 0.169. The molecule has 4 aliphatic rings. The summed E-state index contributed by atoms with van der Waals surface area (Å²) < 4.78 is 0. The predicted molar refractivity (Wildman–Crippen MR) is 162 cm³/mol. The Morgan fingerprint density at radius 3 is 2.51 bits per heavy atom. The number of fused-ring (bicyclic) bond motifs is 1. The van der Waals surface area contributed by atoms with E-state index in [-0.39, 0.29) is 24.1 Å². The summed E-state index contributed by atoms with van der Waals surface area (Å²) in [6.45, 7) is 7.51. The molecular weight excluding hydrogens is 548 g/mol. The van der Waals surface area contributed by atoms with Crippen molar-refractivity contribution in [3.63, 3.8) is 0 Å². The van der Waals surface area contributed by atoms with Gasteiger partial charge < -0.3 is 15.1 Å². The standard InChI is InChI=1S/C32H44N6O5/c39-22-5-4-15-35-16-12-24(13-17-35)36-18-20-37(21-19-36)30(41)9-2-1-3-14-33-27-8-6-7-25-26(27)23-38(32(25)43)28-10-11-29(40)34-31(28)42/h4-8,22,24,28,33H,1-3,9-21,23H2,(H,34,40,42)/b5-4+. The molecule has 5 rings (SSSR count). The second-order valence-electron chi connectivity index (χ2n) is 12.0. The van der Waals surface area contributed by atoms with E-state index in [0.717, 1.165) is 102 Å². The lowest BCUT2D eigenvalue weighted by Crippen LogP contribution is -2.54. The highest BCUT2D eigenvalue weighted by Gasteiger charge is 2.39. The first-order valence-electron chi connectivity index (χ1n) is 15.8. The first kappa shape index (κ1) is 30.9. The van der Waals surface area contributed by atoms with E-state index in [1.54, 1.807) is 17.0 Å². The molecular formula is C32H44N6O5. The molecule has 1 unspecified atom stereocenters. The number of rotatable bonds is 12. The fraction of sp³-hybridized carbons (Fsp3) is 0.594. The zero-order chi connectivity index (χ0) is 30.2. The fourth-order valence-corrected chi connectivity index (χ4v) is 6.78. The normalized spacial score (nSPS) is 22.2. The Balaban J connectivity index is 0.970. The van der Waals surface area contributed by atoms with Crippen LogP contribution in [0.15, 0.2) is 30.4 Å². The summed E-state index contributed by atoms with van der Waals surface area (Å²) in [6, 6.07) is 5.57. The van der Waals surface area contributed by atoms with Crippen LogP contribution >= 0.6 is 0 Å². The number of hydrogen-bond acceptors (Lipinski definition) is 8. The van der Waals surface area contributed by atoms with Crippen LogP contribution in [-0.4, -0.2) is 114 Å². The second-order valence-corrected chi connectivity index (χ2v) is 12.0. The van der Waals surface area contributed by atoms with Crippen LogP contribution in [0.1, 0.15) is 67.3 Å². The lowest BCUT2D eigenvalue weighted by molar-refractivity contribution is -0.137. The van der Waals surface area contributed by atoms with Crippen molar-refractivity contribution in [2.24, 2.45) is 0 Å². The molecule has 0 radical (unpaired) electrons. The van der Waals surface area contributed by atoms with Crippen molar-refractivity contribution < 1.29 is 24.0 Å². The lowest BCUT2D eigenvalue weighted by atomic mass is 10.0. The topological polar surface area (TPSA) is 122 Å². The molecule has 11 heteroatoms. The third-order valence-electron chi connectivity index (χ3n) is 9.28. The number of anilines is 1. The summed E-state index contributed by atoms with van der Waals surface area (Å²) >= 11 is 0. The number of unbranched alkanes of at least 4 members (excludes halogenated alkanes) is 2. The van der Waals surface area contributed by atoms with Gasteiger partial charge in [0.15, 0.2) is 0 Å². The number of imide groups is 1. The van der Waals surface area contributed by atoms with Crippen molar-refractivity contribution in [3.05, 3.63) is 41.5 Å². The van der Waals surface area contributed by atoms with Crippen molar-refractivity contribution in [1.29, 1.82) is 0 Å². The third-order valence-corrected chi connectivity index (χ3v) is 9.28. The van der Waals surface area contributed by atoms with Crippen LogP contribution in [-0.2, 0) is 25.7 Å². The molecule has 0 aromatic heterocycles. The van der Waals surface area contributed by atoms with Gasteiger partial charge in [0.1, 0.15) is 12.3 Å². The van der Waals surface area contributed by atoms with E-state index in [0.29, 0.717) is 31.0 Å². The average molecular weight is 593 g/mol. The van der Waals surface area contributed by atoms with Crippen LogP contribution < -0.4 is 10.6 Å². The molecule has 3 fully saturated rings. The SMILES string of the molecule is O=C/C=C/CN1CCC(N2CCN(C(=O)CCCCCNc3cccc4c3CN(C3CCC(=O)NC3=O)C4=O)CC2)CC1. The van der Waals surface area contributed by atoms with Crippen LogP contribution in [0.4, 0.5) is 5.69 Å². The number of likely N-dealkylation sites (tertiary alicyclic amines) is 1. The van der Waals surface area contributed by atoms with Crippen LogP contribution in [0, 0.1) is 0 Å². The summed E-state index contributed by atoms with van der Waals surface area (Å²) in [7, 11) is 0. The number of benzene rings is 1. The number of aldehydes is 1. The zero-order valence-electron chi connectivity index (χ0n) is 25.0. The van der Waals surface area contributed by atoms with Gasteiger partial charge in [0, 0.05) is 81.5 Å². The van der Waals surface area contributed by atoms with Crippen molar-refractivity contribution in [2.75, 3.05) is 57.7 Å². The molecule has 0 aliphatic carbocycles. The monoisotopic (exact) mass is 592 g/mol. The summed E-state index contributed by atoms with van der Waals surface area (Å²) in [5.41, 5.74) is 2.40. The van der Waals surface area contributed by atoms with Gasteiger partial charge >= 0.3 is 0 Å². The van der Waals surface area contributed by atoms with E-state index in [2.05, 4.69) is 20.4 Å². The minimum atomic E-state index is -0.618. The van der Waals surface area contributed by atoms with E-state index < -0.39 is 11.9 Å². The number of nitrogens with one attached hydrogen (secondary N) is 2. The third kappa shape index (κ3) is 7.69. The summed E-state index contributed by atoms with van der Waals surface area (Å²) in [5, 5.41) is 5.80. The maximum absolute atomic E-state index is 13.0. The number of nitrogens with zero attached hydrogens (tertiary/aromatic N) is 4. The largest absolute Gasteiger partial charge is 0.385 e. The minimum Gasteiger partial charge on any atom is -0.385 e. The van der Waals surface area contributed by atoms with E-state index in [9.17, 15) is 24.0 Å². The second kappa shape index (κ2) is 14.7. The molecule has 0 spiro atoms. The van der Waals surface area contributed by atoms with Crippen LogP contribution in [0.25, 0.3) is 0 Å². The molecule has 232 valence electrons. The van der Waals surface area contributed by atoms with Crippen molar-refractivity contribution in [3.8, 4) is 0 Å². The van der Waals surface area contributed by atoms with Gasteiger partial charge in [0.25, 0.3) is 5.91 Å². The molecule has 4 aliphatic heterocycles. The van der Waals surface area contributed by atoms with Gasteiger partial charge in [-0.25, -0.2) is 0 Å². The van der Waals surface area contributed by atoms with Gasteiger partial charge in [0.05, 0.1) is 0 Å². The Morgan fingerprint density at radius 2 is 1.77 bits per heavy atom. The number of hydrogen-bond donors (Lipinski definition) is 2. The number of piperazine rings is 1. The molecule has 3 saturated heterocycles. The molecule has 4 heterocycles. The predicted octanol–water partition coefficient (Wildman–Crippen LogP) is 1.78. The molecule has 1 aromatic rings. The van der Waals surface area contributed by atoms with Crippen molar-refractivity contribution >= 4 is 35.6 Å². The number of piperidine rings is 2. The number of carbonyl (C=O) groups excluding carboxylic acids is 5.